The van der Waals surface area contributed by atoms with Gasteiger partial charge >= 0.3 is 0 Å². The number of hydrogen-bond donors (Lipinski definition) is 2. The molecule has 0 saturated carbocycles. The van der Waals surface area contributed by atoms with Crippen molar-refractivity contribution in [3.63, 3.8) is 0 Å². The third kappa shape index (κ3) is 3.72. The molecule has 1 aliphatic carbocycles. The van der Waals surface area contributed by atoms with Crippen molar-refractivity contribution in [1.29, 1.82) is 0 Å². The first-order valence-electron chi connectivity index (χ1n) is 8.94. The Morgan fingerprint density at radius 3 is 2.15 bits per heavy atom. The van der Waals surface area contributed by atoms with Gasteiger partial charge in [0.2, 0.25) is 5.43 Å². The molecule has 144 valence electrons. The molecule has 1 aliphatic rings. The lowest BCUT2D eigenvalue weighted by Crippen LogP contribution is -2.34. The van der Waals surface area contributed by atoms with E-state index in [0.717, 1.165) is 24.5 Å². The smallest absolute Gasteiger partial charge is 0.261 e. The average molecular weight is 388 g/mol. The number of hydrogen-bond acceptors (Lipinski definition) is 4. The van der Waals surface area contributed by atoms with Crippen molar-refractivity contribution in [3.8, 4) is 5.75 Å². The molecule has 6 heteroatoms. The molecule has 0 bridgehead atoms. The molecule has 2 N–H and O–H groups in total. The van der Waals surface area contributed by atoms with E-state index in [1.807, 2.05) is 6.07 Å². The van der Waals surface area contributed by atoms with Crippen molar-refractivity contribution in [3.05, 3.63) is 63.8 Å². The summed E-state index contributed by atoms with van der Waals surface area (Å²) in [5.41, 5.74) is 1.79. The van der Waals surface area contributed by atoms with Gasteiger partial charge in [0.1, 0.15) is 0 Å². The van der Waals surface area contributed by atoms with Crippen LogP contribution < -0.4 is 10.2 Å². The van der Waals surface area contributed by atoms with Gasteiger partial charge in [0.25, 0.3) is 10.0 Å². The molecule has 0 amide bonds. The van der Waals surface area contributed by atoms with Crippen LogP contribution in [0.4, 0.5) is 5.69 Å². The fraction of sp³-hybridized carbons (Fsp3) is 0.381. The Kier molecular flexibility index (Phi) is 4.58. The lowest BCUT2D eigenvalue weighted by molar-refractivity contribution is 0.331. The summed E-state index contributed by atoms with van der Waals surface area (Å²) in [6.45, 7) is 8.65. The quantitative estimate of drug-likeness (QED) is 0.837. The molecule has 27 heavy (non-hydrogen) atoms. The van der Waals surface area contributed by atoms with Crippen molar-refractivity contribution in [2.75, 3.05) is 4.72 Å². The maximum absolute atomic E-state index is 12.9. The second kappa shape index (κ2) is 6.37. The van der Waals surface area contributed by atoms with E-state index in [2.05, 4.69) is 32.4 Å². The zero-order chi connectivity index (χ0) is 20.0. The van der Waals surface area contributed by atoms with Crippen molar-refractivity contribution in [2.24, 2.45) is 0 Å². The van der Waals surface area contributed by atoms with Gasteiger partial charge in [-0.2, -0.15) is 0 Å². The molecule has 5 nitrogen and oxygen atoms in total. The normalized spacial score (nSPS) is 17.8. The predicted octanol–water partition coefficient (Wildman–Crippen LogP) is 3.90. The molecule has 0 aliphatic heterocycles. The Balaban J connectivity index is 2.04. The molecule has 0 aromatic heterocycles. The van der Waals surface area contributed by atoms with Crippen LogP contribution in [0.3, 0.4) is 0 Å². The fourth-order valence-electron chi connectivity index (χ4n) is 3.57. The van der Waals surface area contributed by atoms with E-state index in [1.54, 1.807) is 12.1 Å². The monoisotopic (exact) mass is 387 g/mol. The zero-order valence-corrected chi connectivity index (χ0v) is 16.9. The van der Waals surface area contributed by atoms with Crippen LogP contribution in [0.1, 0.15) is 51.7 Å². The lowest BCUT2D eigenvalue weighted by atomic mass is 9.63. The van der Waals surface area contributed by atoms with E-state index in [-0.39, 0.29) is 21.4 Å². The summed E-state index contributed by atoms with van der Waals surface area (Å²) in [6, 6.07) is 10.3. The third-order valence-corrected chi connectivity index (χ3v) is 6.85. The van der Waals surface area contributed by atoms with Crippen LogP contribution in [0.15, 0.2) is 52.2 Å². The summed E-state index contributed by atoms with van der Waals surface area (Å²) in [4.78, 5) is 11.7. The van der Waals surface area contributed by atoms with Crippen molar-refractivity contribution < 1.29 is 13.5 Å². The molecule has 2 aromatic carbocycles. The standard InChI is InChI=1S/C21H25NO4S/c1-20(2)11-12-21(3,4)17-13-15(7-8-16(17)20)27(25,26)22-14-5-9-18(23)19(24)10-6-14/h5-10,13,22H,11-12H2,1-4H3,(H,23,24). The van der Waals surface area contributed by atoms with Crippen LogP contribution in [0.5, 0.6) is 5.75 Å². The second-order valence-electron chi connectivity index (χ2n) is 8.45. The van der Waals surface area contributed by atoms with Gasteiger partial charge in [-0.05, 0) is 71.2 Å². The van der Waals surface area contributed by atoms with E-state index in [1.165, 1.54) is 23.8 Å². The molecule has 0 atom stereocenters. The van der Waals surface area contributed by atoms with Gasteiger partial charge in [0, 0.05) is 5.69 Å². The molecule has 0 radical (unpaired) electrons. The number of rotatable bonds is 3. The van der Waals surface area contributed by atoms with Crippen molar-refractivity contribution in [2.45, 2.75) is 56.3 Å². The minimum atomic E-state index is -3.82. The number of anilines is 1. The Hall–Kier alpha value is -2.34. The summed E-state index contributed by atoms with van der Waals surface area (Å²) >= 11 is 0. The van der Waals surface area contributed by atoms with Crippen LogP contribution in [0.25, 0.3) is 0 Å². The first kappa shape index (κ1) is 19.4. The van der Waals surface area contributed by atoms with Gasteiger partial charge < -0.3 is 5.11 Å². The Morgan fingerprint density at radius 1 is 0.889 bits per heavy atom. The Morgan fingerprint density at radius 2 is 1.48 bits per heavy atom. The molecule has 0 unspecified atom stereocenters. The highest BCUT2D eigenvalue weighted by Gasteiger charge is 2.37. The Bertz CT molecular complexity index is 1060. The first-order valence-corrected chi connectivity index (χ1v) is 10.4. The van der Waals surface area contributed by atoms with Crippen LogP contribution in [-0.4, -0.2) is 13.5 Å². The van der Waals surface area contributed by atoms with Crippen LogP contribution >= 0.6 is 0 Å². The number of sulfonamides is 1. The van der Waals surface area contributed by atoms with Gasteiger partial charge in [-0.3, -0.25) is 9.52 Å². The van der Waals surface area contributed by atoms with E-state index in [4.69, 9.17) is 0 Å². The number of fused-ring (bicyclic) bond motifs is 1. The van der Waals surface area contributed by atoms with Gasteiger partial charge in [-0.25, -0.2) is 8.42 Å². The highest BCUT2D eigenvalue weighted by molar-refractivity contribution is 7.92. The molecular weight excluding hydrogens is 362 g/mol. The van der Waals surface area contributed by atoms with E-state index < -0.39 is 21.2 Å². The van der Waals surface area contributed by atoms with Gasteiger partial charge in [0.05, 0.1) is 4.90 Å². The zero-order valence-electron chi connectivity index (χ0n) is 16.0. The largest absolute Gasteiger partial charge is 0.504 e. The Labute approximate surface area is 160 Å². The highest BCUT2D eigenvalue weighted by Crippen LogP contribution is 2.46. The van der Waals surface area contributed by atoms with Crippen molar-refractivity contribution in [1.82, 2.24) is 0 Å². The van der Waals surface area contributed by atoms with Crippen LogP contribution in [-0.2, 0) is 20.9 Å². The summed E-state index contributed by atoms with van der Waals surface area (Å²) in [6.07, 6.45) is 2.04. The summed E-state index contributed by atoms with van der Waals surface area (Å²) in [7, 11) is -3.82. The van der Waals surface area contributed by atoms with E-state index in [0.29, 0.717) is 0 Å². The summed E-state index contributed by atoms with van der Waals surface area (Å²) in [5, 5.41) is 9.47. The second-order valence-corrected chi connectivity index (χ2v) is 10.1. The maximum Gasteiger partial charge on any atom is 0.261 e. The van der Waals surface area contributed by atoms with Gasteiger partial charge in [-0.15, -0.1) is 0 Å². The molecule has 3 rings (SSSR count). The molecular formula is C21H25NO4S. The van der Waals surface area contributed by atoms with Gasteiger partial charge in [-0.1, -0.05) is 33.8 Å². The first-order chi connectivity index (χ1) is 12.4. The highest BCUT2D eigenvalue weighted by atomic mass is 32.2. The molecule has 2 aromatic rings. The maximum atomic E-state index is 12.9. The van der Waals surface area contributed by atoms with Crippen LogP contribution in [0, 0.1) is 0 Å². The lowest BCUT2D eigenvalue weighted by Gasteiger charge is -2.42. The number of benzene rings is 1. The minimum Gasteiger partial charge on any atom is -0.504 e. The predicted molar refractivity (Wildman–Crippen MR) is 107 cm³/mol. The summed E-state index contributed by atoms with van der Waals surface area (Å²) < 4.78 is 28.2. The van der Waals surface area contributed by atoms with Crippen LogP contribution in [0.2, 0.25) is 0 Å². The topological polar surface area (TPSA) is 83.5 Å². The van der Waals surface area contributed by atoms with E-state index in [9.17, 15) is 18.3 Å². The van der Waals surface area contributed by atoms with E-state index >= 15 is 0 Å². The molecule has 0 fully saturated rings. The summed E-state index contributed by atoms with van der Waals surface area (Å²) in [5.74, 6) is -0.432. The fourth-order valence-corrected chi connectivity index (χ4v) is 4.66. The number of nitrogens with one attached hydrogen (secondary N) is 1. The average Bonchev–Trinajstić information content (AvgIpc) is 2.74. The van der Waals surface area contributed by atoms with Gasteiger partial charge in [0.15, 0.2) is 5.75 Å². The third-order valence-electron chi connectivity index (χ3n) is 5.47. The number of aromatic hydroxyl groups is 1. The molecule has 0 heterocycles. The minimum absolute atomic E-state index is 0.00973. The van der Waals surface area contributed by atoms with Crippen molar-refractivity contribution >= 4 is 15.7 Å². The molecule has 0 saturated heterocycles. The molecule has 0 spiro atoms. The SMILES string of the molecule is CC1(C)CCC(C)(C)c2cc(S(=O)(=O)Nc3ccc(O)c(=O)cc3)ccc21.